The molecule has 1 saturated heterocycles. The molecule has 1 fully saturated rings. The maximum atomic E-state index is 6.24. The Kier molecular flexibility index (Phi) is 4.07. The molecule has 0 bridgehead atoms. The number of nitrogens with one attached hydrogen (secondary N) is 1. The Morgan fingerprint density at radius 1 is 1.35 bits per heavy atom. The van der Waals surface area contributed by atoms with Crippen LogP contribution >= 0.6 is 0 Å². The van der Waals surface area contributed by atoms with Gasteiger partial charge >= 0.3 is 0 Å². The highest BCUT2D eigenvalue weighted by Gasteiger charge is 2.47. The van der Waals surface area contributed by atoms with Crippen LogP contribution in [0.2, 0.25) is 0 Å². The zero-order valence-electron chi connectivity index (χ0n) is 13.4. The first-order valence-corrected chi connectivity index (χ1v) is 7.21. The molecule has 4 heteroatoms. The van der Waals surface area contributed by atoms with Gasteiger partial charge in [0.15, 0.2) is 0 Å². The summed E-state index contributed by atoms with van der Waals surface area (Å²) in [6.07, 6.45) is 0.921. The third-order valence-corrected chi connectivity index (χ3v) is 3.68. The van der Waals surface area contributed by atoms with Gasteiger partial charge in [-0.25, -0.2) is 0 Å². The standard InChI is InChI=1S/C16H26N2O2/c1-11-7-8-13(12(18-11)10-17-6)19-14-9-15(2,3)20-16(14,4)5/h7-8,14,17H,9-10H2,1-6H3. The van der Waals surface area contributed by atoms with Gasteiger partial charge in [-0.2, -0.15) is 0 Å². The Labute approximate surface area is 121 Å². The lowest BCUT2D eigenvalue weighted by atomic mass is 9.97. The lowest BCUT2D eigenvalue weighted by Crippen LogP contribution is -2.37. The summed E-state index contributed by atoms with van der Waals surface area (Å²) >= 11 is 0. The molecule has 1 atom stereocenters. The quantitative estimate of drug-likeness (QED) is 0.919. The average molecular weight is 278 g/mol. The minimum absolute atomic E-state index is 0.0395. The number of nitrogens with zero attached hydrogens (tertiary/aromatic N) is 1. The second kappa shape index (κ2) is 5.34. The Balaban J connectivity index is 2.22. The van der Waals surface area contributed by atoms with E-state index in [4.69, 9.17) is 9.47 Å². The van der Waals surface area contributed by atoms with Gasteiger partial charge in [0, 0.05) is 18.7 Å². The minimum Gasteiger partial charge on any atom is -0.485 e. The molecular formula is C16H26N2O2. The fraction of sp³-hybridized carbons (Fsp3) is 0.688. The lowest BCUT2D eigenvalue weighted by Gasteiger charge is -2.28. The van der Waals surface area contributed by atoms with E-state index in [0.29, 0.717) is 6.54 Å². The summed E-state index contributed by atoms with van der Waals surface area (Å²) in [5.74, 6) is 0.851. The third-order valence-electron chi connectivity index (χ3n) is 3.68. The van der Waals surface area contributed by atoms with Crippen LogP contribution in [0.5, 0.6) is 5.75 Å². The van der Waals surface area contributed by atoms with Crippen LogP contribution in [0.15, 0.2) is 12.1 Å². The molecule has 1 aromatic heterocycles. The molecule has 0 amide bonds. The number of aromatic nitrogens is 1. The summed E-state index contributed by atoms with van der Waals surface area (Å²) in [5.41, 5.74) is 1.53. The van der Waals surface area contributed by atoms with E-state index < -0.39 is 0 Å². The number of hydrogen-bond donors (Lipinski definition) is 1. The van der Waals surface area contributed by atoms with Crippen molar-refractivity contribution >= 4 is 0 Å². The van der Waals surface area contributed by atoms with Crippen LogP contribution in [0.1, 0.15) is 45.5 Å². The lowest BCUT2D eigenvalue weighted by molar-refractivity contribution is -0.0847. The number of aryl methyl sites for hydroxylation is 1. The highest BCUT2D eigenvalue weighted by Crippen LogP contribution is 2.39. The highest BCUT2D eigenvalue weighted by molar-refractivity contribution is 5.30. The molecule has 1 aromatic rings. The summed E-state index contributed by atoms with van der Waals surface area (Å²) in [5, 5.41) is 3.14. The van der Waals surface area contributed by atoms with E-state index in [0.717, 1.165) is 23.6 Å². The van der Waals surface area contributed by atoms with Gasteiger partial charge in [0.1, 0.15) is 17.5 Å². The van der Waals surface area contributed by atoms with Gasteiger partial charge in [0.25, 0.3) is 0 Å². The van der Waals surface area contributed by atoms with Gasteiger partial charge in [0.05, 0.1) is 11.3 Å². The van der Waals surface area contributed by atoms with Crippen LogP contribution in [0, 0.1) is 6.92 Å². The molecule has 4 nitrogen and oxygen atoms in total. The van der Waals surface area contributed by atoms with Crippen molar-refractivity contribution in [2.24, 2.45) is 0 Å². The van der Waals surface area contributed by atoms with Crippen LogP contribution < -0.4 is 10.1 Å². The molecule has 1 N–H and O–H groups in total. The van der Waals surface area contributed by atoms with Gasteiger partial charge in [-0.05, 0) is 53.8 Å². The fourth-order valence-corrected chi connectivity index (χ4v) is 2.85. The Morgan fingerprint density at radius 2 is 2.05 bits per heavy atom. The Hall–Kier alpha value is -1.13. The Morgan fingerprint density at radius 3 is 2.60 bits per heavy atom. The second-order valence-corrected chi connectivity index (χ2v) is 6.70. The molecule has 0 aliphatic carbocycles. The van der Waals surface area contributed by atoms with E-state index in [1.54, 1.807) is 0 Å². The van der Waals surface area contributed by atoms with E-state index in [2.05, 4.69) is 38.0 Å². The van der Waals surface area contributed by atoms with Crippen molar-refractivity contribution in [2.75, 3.05) is 7.05 Å². The molecule has 112 valence electrons. The normalized spacial score (nSPS) is 23.8. The van der Waals surface area contributed by atoms with Crippen molar-refractivity contribution in [3.63, 3.8) is 0 Å². The van der Waals surface area contributed by atoms with Crippen molar-refractivity contribution in [1.82, 2.24) is 10.3 Å². The molecule has 0 spiro atoms. The maximum absolute atomic E-state index is 6.24. The summed E-state index contributed by atoms with van der Waals surface area (Å²) in [6, 6.07) is 4.00. The molecule has 1 aliphatic rings. The number of rotatable bonds is 4. The van der Waals surface area contributed by atoms with Crippen molar-refractivity contribution < 1.29 is 9.47 Å². The van der Waals surface area contributed by atoms with E-state index >= 15 is 0 Å². The number of hydrogen-bond acceptors (Lipinski definition) is 4. The van der Waals surface area contributed by atoms with Crippen LogP contribution in [-0.4, -0.2) is 29.3 Å². The number of ether oxygens (including phenoxy) is 2. The average Bonchev–Trinajstić information content (AvgIpc) is 2.50. The van der Waals surface area contributed by atoms with E-state index in [1.807, 2.05) is 26.1 Å². The zero-order valence-corrected chi connectivity index (χ0v) is 13.4. The monoisotopic (exact) mass is 278 g/mol. The van der Waals surface area contributed by atoms with E-state index in [-0.39, 0.29) is 17.3 Å². The van der Waals surface area contributed by atoms with Crippen molar-refractivity contribution in [1.29, 1.82) is 0 Å². The number of pyridine rings is 1. The van der Waals surface area contributed by atoms with E-state index in [1.165, 1.54) is 0 Å². The zero-order chi connectivity index (χ0) is 15.0. The van der Waals surface area contributed by atoms with Crippen molar-refractivity contribution in [3.05, 3.63) is 23.5 Å². The molecule has 0 aromatic carbocycles. The molecule has 0 radical (unpaired) electrons. The molecule has 1 aliphatic heterocycles. The Bertz CT molecular complexity index is 483. The predicted octanol–water partition coefficient (Wildman–Crippen LogP) is 2.83. The molecule has 0 saturated carbocycles. The topological polar surface area (TPSA) is 43.4 Å². The summed E-state index contributed by atoms with van der Waals surface area (Å²) in [7, 11) is 1.92. The van der Waals surface area contributed by atoms with E-state index in [9.17, 15) is 0 Å². The molecule has 1 unspecified atom stereocenters. The third kappa shape index (κ3) is 3.30. The molecular weight excluding hydrogens is 252 g/mol. The first-order chi connectivity index (χ1) is 9.23. The first-order valence-electron chi connectivity index (χ1n) is 7.21. The van der Waals surface area contributed by atoms with Crippen LogP contribution in [-0.2, 0) is 11.3 Å². The highest BCUT2D eigenvalue weighted by atomic mass is 16.6. The van der Waals surface area contributed by atoms with Crippen LogP contribution in [0.4, 0.5) is 0 Å². The first kappa shape index (κ1) is 15.3. The smallest absolute Gasteiger partial charge is 0.142 e. The van der Waals surface area contributed by atoms with Gasteiger partial charge in [-0.1, -0.05) is 0 Å². The van der Waals surface area contributed by atoms with Crippen LogP contribution in [0.3, 0.4) is 0 Å². The maximum Gasteiger partial charge on any atom is 0.142 e. The van der Waals surface area contributed by atoms with Gasteiger partial charge in [-0.3, -0.25) is 4.98 Å². The van der Waals surface area contributed by atoms with Crippen molar-refractivity contribution in [3.8, 4) is 5.75 Å². The van der Waals surface area contributed by atoms with Crippen molar-refractivity contribution in [2.45, 2.75) is 64.9 Å². The van der Waals surface area contributed by atoms with Gasteiger partial charge < -0.3 is 14.8 Å². The fourth-order valence-electron chi connectivity index (χ4n) is 2.85. The second-order valence-electron chi connectivity index (χ2n) is 6.70. The minimum atomic E-state index is -0.286. The molecule has 20 heavy (non-hydrogen) atoms. The van der Waals surface area contributed by atoms with Gasteiger partial charge in [-0.15, -0.1) is 0 Å². The molecule has 2 rings (SSSR count). The largest absolute Gasteiger partial charge is 0.485 e. The van der Waals surface area contributed by atoms with Crippen LogP contribution in [0.25, 0.3) is 0 Å². The summed E-state index contributed by atoms with van der Waals surface area (Å²) in [6.45, 7) is 11.1. The SMILES string of the molecule is CNCc1nc(C)ccc1OC1CC(C)(C)OC1(C)C. The summed E-state index contributed by atoms with van der Waals surface area (Å²) < 4.78 is 12.3. The molecule has 2 heterocycles. The predicted molar refractivity (Wildman–Crippen MR) is 80.0 cm³/mol. The van der Waals surface area contributed by atoms with Gasteiger partial charge in [0.2, 0.25) is 0 Å². The summed E-state index contributed by atoms with van der Waals surface area (Å²) in [4.78, 5) is 4.56.